The van der Waals surface area contributed by atoms with Crippen molar-refractivity contribution in [2.45, 2.75) is 38.1 Å². The van der Waals surface area contributed by atoms with Gasteiger partial charge in [-0.3, -0.25) is 9.36 Å². The van der Waals surface area contributed by atoms with E-state index in [1.165, 1.54) is 16.9 Å². The number of aromatic nitrogens is 4. The van der Waals surface area contributed by atoms with Gasteiger partial charge in [-0.15, -0.1) is 11.3 Å². The maximum absolute atomic E-state index is 12.6. The number of thiophene rings is 1. The van der Waals surface area contributed by atoms with Crippen LogP contribution in [0.5, 0.6) is 0 Å². The van der Waals surface area contributed by atoms with Crippen molar-refractivity contribution in [1.82, 2.24) is 19.5 Å². The highest BCUT2D eigenvalue weighted by Crippen LogP contribution is 2.37. The number of aromatic amines is 1. The first-order valence-corrected chi connectivity index (χ1v) is 14.6. The Labute approximate surface area is 235 Å². The van der Waals surface area contributed by atoms with Gasteiger partial charge in [0.2, 0.25) is 0 Å². The minimum absolute atomic E-state index is 0.000822. The second kappa shape index (κ2) is 10.3. The van der Waals surface area contributed by atoms with E-state index in [1.54, 1.807) is 0 Å². The minimum atomic E-state index is -0.000822. The highest BCUT2D eigenvalue weighted by molar-refractivity contribution is 7.12. The second-order valence-corrected chi connectivity index (χ2v) is 11.6. The first kappa shape index (κ1) is 24.7. The van der Waals surface area contributed by atoms with Crippen molar-refractivity contribution in [2.24, 2.45) is 5.92 Å². The van der Waals surface area contributed by atoms with E-state index in [4.69, 9.17) is 9.97 Å². The summed E-state index contributed by atoms with van der Waals surface area (Å²) in [6.45, 7) is 0. The van der Waals surface area contributed by atoms with Crippen molar-refractivity contribution < 1.29 is 4.79 Å². The van der Waals surface area contributed by atoms with E-state index in [0.717, 1.165) is 83.0 Å². The number of hydrogen-bond acceptors (Lipinski definition) is 5. The number of aldehydes is 1. The molecular formula is C33H28N4O2S. The number of nitrogens with one attached hydrogen (secondary N) is 1. The summed E-state index contributed by atoms with van der Waals surface area (Å²) in [5.41, 5.74) is 8.20. The molecule has 0 unspecified atom stereocenters. The molecule has 0 atom stereocenters. The SMILES string of the molecule is O=Cc1sccc1-c1nc2ccccc2nc1-c1ccc(CC2CCC(n3c(=O)[nH]c4ccccc43)CC2)cc1. The molecule has 0 bridgehead atoms. The number of imidazole rings is 1. The second-order valence-electron chi connectivity index (χ2n) is 10.6. The Morgan fingerprint density at radius 1 is 0.850 bits per heavy atom. The highest BCUT2D eigenvalue weighted by Gasteiger charge is 2.25. The zero-order chi connectivity index (χ0) is 27.1. The molecule has 7 rings (SSSR count). The van der Waals surface area contributed by atoms with Crippen LogP contribution in [0.3, 0.4) is 0 Å². The monoisotopic (exact) mass is 544 g/mol. The summed E-state index contributed by atoms with van der Waals surface area (Å²) in [5.74, 6) is 0.597. The Morgan fingerprint density at radius 2 is 1.55 bits per heavy atom. The Hall–Kier alpha value is -4.36. The maximum Gasteiger partial charge on any atom is 0.326 e. The molecular weight excluding hydrogens is 516 g/mol. The molecule has 40 heavy (non-hydrogen) atoms. The molecule has 1 N–H and O–H groups in total. The van der Waals surface area contributed by atoms with Crippen LogP contribution in [0.15, 0.2) is 89.0 Å². The van der Waals surface area contributed by atoms with Crippen molar-refractivity contribution in [2.75, 3.05) is 0 Å². The van der Waals surface area contributed by atoms with Crippen LogP contribution in [0.25, 0.3) is 44.6 Å². The molecule has 7 heteroatoms. The standard InChI is InChI=1S/C33H28N4O2S/c38-20-30-25(17-18-40-30)32-31(34-26-5-1-2-6-27(26)35-32)23-13-9-21(10-14-23)19-22-11-15-24(16-12-22)37-29-8-4-3-7-28(29)36-33(37)39/h1-10,13-14,17-18,20,22,24H,11-12,15-16,19H2,(H,36,39). The lowest BCUT2D eigenvalue weighted by atomic mass is 9.82. The number of benzene rings is 3. The summed E-state index contributed by atoms with van der Waals surface area (Å²) in [6, 6.07) is 26.6. The van der Waals surface area contributed by atoms with Crippen molar-refractivity contribution in [3.8, 4) is 22.5 Å². The normalized spacial score (nSPS) is 17.4. The Kier molecular flexibility index (Phi) is 6.36. The number of hydrogen-bond donors (Lipinski definition) is 1. The van der Waals surface area contributed by atoms with Gasteiger partial charge in [-0.2, -0.15) is 0 Å². The molecule has 3 heterocycles. The van der Waals surface area contributed by atoms with E-state index in [0.29, 0.717) is 10.8 Å². The maximum atomic E-state index is 12.6. The van der Waals surface area contributed by atoms with Gasteiger partial charge in [0.15, 0.2) is 6.29 Å². The Bertz CT molecular complexity index is 1890. The average molecular weight is 545 g/mol. The molecule has 0 amide bonds. The summed E-state index contributed by atoms with van der Waals surface area (Å²) in [5, 5.41) is 1.92. The summed E-state index contributed by atoms with van der Waals surface area (Å²) in [4.78, 5) is 37.9. The number of carbonyl (C=O) groups is 1. The molecule has 0 aliphatic heterocycles. The summed E-state index contributed by atoms with van der Waals surface area (Å²) >= 11 is 1.42. The predicted octanol–water partition coefficient (Wildman–Crippen LogP) is 7.45. The molecule has 1 saturated carbocycles. The van der Waals surface area contributed by atoms with Crippen LogP contribution in [-0.2, 0) is 6.42 Å². The average Bonchev–Trinajstić information content (AvgIpc) is 3.61. The van der Waals surface area contributed by atoms with Gasteiger partial charge in [-0.1, -0.05) is 48.5 Å². The van der Waals surface area contributed by atoms with E-state index in [1.807, 2.05) is 64.5 Å². The van der Waals surface area contributed by atoms with Gasteiger partial charge >= 0.3 is 5.69 Å². The number of carbonyl (C=O) groups excluding carboxylic acids is 1. The largest absolute Gasteiger partial charge is 0.326 e. The first-order valence-electron chi connectivity index (χ1n) is 13.8. The fourth-order valence-electron chi connectivity index (χ4n) is 6.17. The van der Waals surface area contributed by atoms with Crippen molar-refractivity contribution >= 4 is 39.7 Å². The third-order valence-corrected chi connectivity index (χ3v) is 9.03. The quantitative estimate of drug-likeness (QED) is 0.221. The highest BCUT2D eigenvalue weighted by atomic mass is 32.1. The van der Waals surface area contributed by atoms with Gasteiger partial charge in [-0.05, 0) is 79.3 Å². The van der Waals surface area contributed by atoms with Crippen LogP contribution < -0.4 is 5.69 Å². The van der Waals surface area contributed by atoms with Crippen LogP contribution in [0.2, 0.25) is 0 Å². The molecule has 198 valence electrons. The molecule has 1 aliphatic rings. The van der Waals surface area contributed by atoms with Crippen LogP contribution in [0, 0.1) is 5.92 Å². The van der Waals surface area contributed by atoms with Crippen molar-refractivity contribution in [3.05, 3.63) is 105 Å². The summed E-state index contributed by atoms with van der Waals surface area (Å²) in [6.07, 6.45) is 6.15. The number of para-hydroxylation sites is 4. The zero-order valence-electron chi connectivity index (χ0n) is 21.9. The lowest BCUT2D eigenvalue weighted by Crippen LogP contribution is -2.26. The Balaban J connectivity index is 1.11. The first-order chi connectivity index (χ1) is 19.7. The lowest BCUT2D eigenvalue weighted by molar-refractivity contribution is 0.112. The molecule has 0 saturated heterocycles. The third kappa shape index (κ3) is 4.46. The lowest BCUT2D eigenvalue weighted by Gasteiger charge is -2.29. The molecule has 1 fully saturated rings. The van der Waals surface area contributed by atoms with Gasteiger partial charge in [-0.25, -0.2) is 14.8 Å². The van der Waals surface area contributed by atoms with E-state index in [2.05, 4.69) is 29.2 Å². The van der Waals surface area contributed by atoms with E-state index < -0.39 is 0 Å². The minimum Gasteiger partial charge on any atom is -0.306 e. The molecule has 0 spiro atoms. The van der Waals surface area contributed by atoms with Gasteiger partial charge in [0.05, 0.1) is 38.3 Å². The summed E-state index contributed by atoms with van der Waals surface area (Å²) in [7, 11) is 0. The van der Waals surface area contributed by atoms with Gasteiger partial charge in [0, 0.05) is 17.2 Å². The number of H-pyrrole nitrogens is 1. The van der Waals surface area contributed by atoms with E-state index in [-0.39, 0.29) is 11.7 Å². The van der Waals surface area contributed by atoms with E-state index >= 15 is 0 Å². The predicted molar refractivity (Wildman–Crippen MR) is 161 cm³/mol. The smallest absolute Gasteiger partial charge is 0.306 e. The number of fused-ring (bicyclic) bond motifs is 2. The molecule has 6 nitrogen and oxygen atoms in total. The van der Waals surface area contributed by atoms with Gasteiger partial charge in [0.25, 0.3) is 0 Å². The van der Waals surface area contributed by atoms with E-state index in [9.17, 15) is 9.59 Å². The fourth-order valence-corrected chi connectivity index (χ4v) is 6.87. The van der Waals surface area contributed by atoms with Gasteiger partial charge < -0.3 is 4.98 Å². The van der Waals surface area contributed by atoms with Crippen LogP contribution >= 0.6 is 11.3 Å². The molecule has 6 aromatic rings. The molecule has 3 aromatic carbocycles. The fraction of sp³-hybridized carbons (Fsp3) is 0.212. The Morgan fingerprint density at radius 3 is 2.30 bits per heavy atom. The molecule has 0 radical (unpaired) electrons. The molecule has 1 aliphatic carbocycles. The van der Waals surface area contributed by atoms with Gasteiger partial charge in [0.1, 0.15) is 0 Å². The van der Waals surface area contributed by atoms with Crippen LogP contribution in [0.4, 0.5) is 0 Å². The molecule has 3 aromatic heterocycles. The number of nitrogens with zero attached hydrogens (tertiary/aromatic N) is 3. The van der Waals surface area contributed by atoms with Crippen molar-refractivity contribution in [3.63, 3.8) is 0 Å². The zero-order valence-corrected chi connectivity index (χ0v) is 22.7. The third-order valence-electron chi connectivity index (χ3n) is 8.19. The topological polar surface area (TPSA) is 80.6 Å². The number of rotatable bonds is 6. The van der Waals surface area contributed by atoms with Crippen molar-refractivity contribution in [1.29, 1.82) is 0 Å². The van der Waals surface area contributed by atoms with Crippen LogP contribution in [-0.4, -0.2) is 25.8 Å². The summed E-state index contributed by atoms with van der Waals surface area (Å²) < 4.78 is 1.96. The van der Waals surface area contributed by atoms with Crippen LogP contribution in [0.1, 0.15) is 47.0 Å².